The van der Waals surface area contributed by atoms with Crippen LogP contribution in [0.5, 0.6) is 0 Å². The summed E-state index contributed by atoms with van der Waals surface area (Å²) in [4.78, 5) is 19.6. The second kappa shape index (κ2) is 8.34. The van der Waals surface area contributed by atoms with E-state index in [0.29, 0.717) is 34.3 Å². The van der Waals surface area contributed by atoms with E-state index in [4.69, 9.17) is 4.99 Å². The molecule has 0 fully saturated rings. The number of fused-ring (bicyclic) bond motifs is 1. The summed E-state index contributed by atoms with van der Waals surface area (Å²) >= 11 is 0. The predicted octanol–water partition coefficient (Wildman–Crippen LogP) is 5.39. The maximum atomic E-state index is 14.5. The zero-order valence-electron chi connectivity index (χ0n) is 17.4. The van der Waals surface area contributed by atoms with E-state index in [2.05, 4.69) is 26.9 Å². The first-order chi connectivity index (χ1) is 13.9. The number of aryl methyl sites for hydroxylation is 1. The van der Waals surface area contributed by atoms with E-state index in [-0.39, 0.29) is 11.9 Å². The van der Waals surface area contributed by atoms with Crippen molar-refractivity contribution < 1.29 is 4.39 Å². The van der Waals surface area contributed by atoms with Gasteiger partial charge in [-0.25, -0.2) is 19.4 Å². The maximum absolute atomic E-state index is 14.5. The van der Waals surface area contributed by atoms with E-state index in [1.807, 2.05) is 45.6 Å². The van der Waals surface area contributed by atoms with Gasteiger partial charge in [0.05, 0.1) is 28.7 Å². The smallest absolute Gasteiger partial charge is 0.156 e. The van der Waals surface area contributed by atoms with Gasteiger partial charge < -0.3 is 10.2 Å². The molecule has 1 aromatic heterocycles. The topological polar surface area (TPSA) is 65.8 Å². The Morgan fingerprint density at radius 3 is 2.76 bits per heavy atom. The Morgan fingerprint density at radius 1 is 1.31 bits per heavy atom. The van der Waals surface area contributed by atoms with Crippen molar-refractivity contribution >= 4 is 34.9 Å². The molecule has 0 bridgehead atoms. The number of aromatic nitrogens is 2. The fourth-order valence-corrected chi connectivity index (χ4v) is 3.25. The standard InChI is InChI=1S/C22H25FN6/c1-7-13(3)29-16(6)19-17(23)10-9-11-18(19)28-22(29)15(5)27-21-20(24-8-2)14(4)25-12-26-21/h7-12,15H,6H2,1-5H3,(H,25,26,27)/b13-7+,24-8?/t15-/m0/s1. The average molecular weight is 392 g/mol. The van der Waals surface area contributed by atoms with Crippen LogP contribution in [0.3, 0.4) is 0 Å². The number of anilines is 1. The Balaban J connectivity index is 2.08. The largest absolute Gasteiger partial charge is 0.358 e. The Kier molecular flexibility index (Phi) is 5.87. The third-order valence-corrected chi connectivity index (χ3v) is 4.79. The first-order valence-electron chi connectivity index (χ1n) is 9.45. The highest BCUT2D eigenvalue weighted by atomic mass is 19.1. The zero-order valence-corrected chi connectivity index (χ0v) is 17.4. The molecule has 0 saturated heterocycles. The molecule has 0 unspecified atom stereocenters. The van der Waals surface area contributed by atoms with E-state index in [0.717, 1.165) is 11.4 Å². The normalized spacial score (nSPS) is 15.4. The van der Waals surface area contributed by atoms with Crippen LogP contribution in [0.15, 0.2) is 52.9 Å². The van der Waals surface area contributed by atoms with Crippen LogP contribution in [0.25, 0.3) is 5.70 Å². The highest BCUT2D eigenvalue weighted by Crippen LogP contribution is 2.38. The highest BCUT2D eigenvalue weighted by Gasteiger charge is 2.30. The van der Waals surface area contributed by atoms with Crippen LogP contribution < -0.4 is 5.32 Å². The van der Waals surface area contributed by atoms with Gasteiger partial charge in [0.15, 0.2) is 5.82 Å². The lowest BCUT2D eigenvalue weighted by atomic mass is 10.0. The number of rotatable bonds is 5. The fraction of sp³-hybridized carbons (Fsp3) is 0.273. The van der Waals surface area contributed by atoms with Gasteiger partial charge in [-0.3, -0.25) is 4.99 Å². The number of hydrogen-bond donors (Lipinski definition) is 1. The van der Waals surface area contributed by atoms with Crippen LogP contribution in [0.4, 0.5) is 21.6 Å². The van der Waals surface area contributed by atoms with Gasteiger partial charge in [0.2, 0.25) is 0 Å². The number of allylic oxidation sites excluding steroid dienone is 2. The van der Waals surface area contributed by atoms with Crippen molar-refractivity contribution in [1.29, 1.82) is 0 Å². The minimum atomic E-state index is -0.337. The molecule has 0 amide bonds. The molecule has 1 aromatic carbocycles. The summed E-state index contributed by atoms with van der Waals surface area (Å²) in [7, 11) is 0. The van der Waals surface area contributed by atoms with E-state index in [1.54, 1.807) is 18.3 Å². The number of amidine groups is 1. The van der Waals surface area contributed by atoms with Crippen molar-refractivity contribution in [2.24, 2.45) is 9.98 Å². The summed E-state index contributed by atoms with van der Waals surface area (Å²) in [5.41, 5.74) is 3.89. The molecule has 1 N–H and O–H groups in total. The average Bonchev–Trinajstić information content (AvgIpc) is 2.69. The molecule has 6 nitrogen and oxygen atoms in total. The van der Waals surface area contributed by atoms with Gasteiger partial charge in [-0.15, -0.1) is 0 Å². The lowest BCUT2D eigenvalue weighted by Gasteiger charge is -2.36. The molecule has 3 rings (SSSR count). The Hall–Kier alpha value is -3.35. The highest BCUT2D eigenvalue weighted by molar-refractivity contribution is 6.03. The first kappa shape index (κ1) is 20.4. The van der Waals surface area contributed by atoms with Crippen LogP contribution in [-0.4, -0.2) is 33.0 Å². The molecule has 150 valence electrons. The van der Waals surface area contributed by atoms with Gasteiger partial charge in [0.1, 0.15) is 23.7 Å². The molecule has 1 aliphatic rings. The second-order valence-electron chi connectivity index (χ2n) is 6.73. The Bertz CT molecular complexity index is 1040. The monoisotopic (exact) mass is 392 g/mol. The molecular formula is C22H25FN6. The van der Waals surface area contributed by atoms with E-state index in [9.17, 15) is 4.39 Å². The SMILES string of the molecule is C=C1c2c(F)cccc2N=C([C@H](C)Nc2ncnc(C)c2N=CC)N1/C(C)=C/C. The summed E-state index contributed by atoms with van der Waals surface area (Å²) in [5.74, 6) is 0.974. The Labute approximate surface area is 170 Å². The van der Waals surface area contributed by atoms with Crippen LogP contribution in [0.1, 0.15) is 39.0 Å². The van der Waals surface area contributed by atoms with Crippen molar-refractivity contribution in [2.45, 2.75) is 40.7 Å². The van der Waals surface area contributed by atoms with Gasteiger partial charge >= 0.3 is 0 Å². The number of benzene rings is 1. The van der Waals surface area contributed by atoms with E-state index < -0.39 is 0 Å². The van der Waals surface area contributed by atoms with Gasteiger partial charge in [-0.1, -0.05) is 18.7 Å². The molecular weight excluding hydrogens is 367 g/mol. The Morgan fingerprint density at radius 2 is 2.07 bits per heavy atom. The maximum Gasteiger partial charge on any atom is 0.156 e. The van der Waals surface area contributed by atoms with E-state index >= 15 is 0 Å². The number of halogens is 1. The number of aliphatic imine (C=N–C) groups is 2. The predicted molar refractivity (Wildman–Crippen MR) is 117 cm³/mol. The lowest BCUT2D eigenvalue weighted by molar-refractivity contribution is 0.607. The minimum absolute atomic E-state index is 0.252. The molecule has 2 aromatic rings. The molecule has 2 heterocycles. The summed E-state index contributed by atoms with van der Waals surface area (Å²) in [6.45, 7) is 13.7. The summed E-state index contributed by atoms with van der Waals surface area (Å²) in [5, 5.41) is 3.38. The van der Waals surface area contributed by atoms with Crippen LogP contribution in [0.2, 0.25) is 0 Å². The fourth-order valence-electron chi connectivity index (χ4n) is 3.25. The quantitative estimate of drug-likeness (QED) is 0.693. The molecule has 0 spiro atoms. The van der Waals surface area contributed by atoms with Gasteiger partial charge in [-0.05, 0) is 46.8 Å². The van der Waals surface area contributed by atoms with Gasteiger partial charge in [-0.2, -0.15) is 0 Å². The van der Waals surface area contributed by atoms with Crippen molar-refractivity contribution in [2.75, 3.05) is 5.32 Å². The van der Waals surface area contributed by atoms with E-state index in [1.165, 1.54) is 12.4 Å². The number of hydrogen-bond acceptors (Lipinski definition) is 6. The third kappa shape index (κ3) is 3.81. The molecule has 29 heavy (non-hydrogen) atoms. The second-order valence-corrected chi connectivity index (χ2v) is 6.73. The first-order valence-corrected chi connectivity index (χ1v) is 9.45. The molecule has 1 aliphatic heterocycles. The van der Waals surface area contributed by atoms with Crippen LogP contribution >= 0.6 is 0 Å². The van der Waals surface area contributed by atoms with Crippen molar-refractivity contribution in [3.05, 3.63) is 60.0 Å². The summed E-state index contributed by atoms with van der Waals surface area (Å²) < 4.78 is 14.5. The van der Waals surface area contributed by atoms with Crippen molar-refractivity contribution in [3.63, 3.8) is 0 Å². The summed E-state index contributed by atoms with van der Waals surface area (Å²) in [6.07, 6.45) is 5.15. The number of nitrogens with one attached hydrogen (secondary N) is 1. The van der Waals surface area contributed by atoms with Crippen LogP contribution in [0, 0.1) is 12.7 Å². The summed E-state index contributed by atoms with van der Waals surface area (Å²) in [6, 6.07) is 4.62. The minimum Gasteiger partial charge on any atom is -0.358 e. The molecule has 7 heteroatoms. The third-order valence-electron chi connectivity index (χ3n) is 4.79. The zero-order chi connectivity index (χ0) is 21.1. The van der Waals surface area contributed by atoms with Crippen LogP contribution in [-0.2, 0) is 0 Å². The molecule has 0 aliphatic carbocycles. The molecule has 0 radical (unpaired) electrons. The van der Waals surface area contributed by atoms with Gasteiger partial charge in [0.25, 0.3) is 0 Å². The van der Waals surface area contributed by atoms with Gasteiger partial charge in [0, 0.05) is 11.9 Å². The molecule has 1 atom stereocenters. The number of nitrogens with zero attached hydrogens (tertiary/aromatic N) is 5. The van der Waals surface area contributed by atoms with Crippen molar-refractivity contribution in [1.82, 2.24) is 14.9 Å². The molecule has 0 saturated carbocycles. The lowest BCUT2D eigenvalue weighted by Crippen LogP contribution is -2.41. The van der Waals surface area contributed by atoms with Crippen molar-refractivity contribution in [3.8, 4) is 0 Å².